The van der Waals surface area contributed by atoms with Crippen molar-refractivity contribution in [2.45, 2.75) is 32.4 Å². The Morgan fingerprint density at radius 1 is 1.25 bits per heavy atom. The molecule has 1 heterocycles. The highest BCUT2D eigenvalue weighted by atomic mass is 79.9. The highest BCUT2D eigenvalue weighted by Gasteiger charge is 2.25. The van der Waals surface area contributed by atoms with Gasteiger partial charge in [0.2, 0.25) is 0 Å². The average Bonchev–Trinajstić information content (AvgIpc) is 2.60. The van der Waals surface area contributed by atoms with Crippen LogP contribution >= 0.6 is 15.9 Å². The topological polar surface area (TPSA) is 32.3 Å². The van der Waals surface area contributed by atoms with Crippen LogP contribution in [0.2, 0.25) is 0 Å². The van der Waals surface area contributed by atoms with Crippen molar-refractivity contribution in [3.05, 3.63) is 69.2 Å². The van der Waals surface area contributed by atoms with E-state index >= 15 is 0 Å². The van der Waals surface area contributed by atoms with Crippen molar-refractivity contribution >= 4 is 21.8 Å². The number of aryl methyl sites for hydroxylation is 1. The highest BCUT2D eigenvalue weighted by molar-refractivity contribution is 9.10. The fraction of sp³-hybridized carbons (Fsp3) is 0.350. The highest BCUT2D eigenvalue weighted by Crippen LogP contribution is 2.28. The predicted octanol–water partition coefficient (Wildman–Crippen LogP) is 3.80. The molecule has 1 atom stereocenters. The summed E-state index contributed by atoms with van der Waals surface area (Å²) in [5.74, 6) is 0.00368. The summed E-state index contributed by atoms with van der Waals surface area (Å²) >= 11 is 3.65. The Morgan fingerprint density at radius 2 is 2.00 bits per heavy atom. The van der Waals surface area contributed by atoms with Crippen molar-refractivity contribution in [2.75, 3.05) is 13.6 Å². The number of amides is 1. The first-order valence-electron chi connectivity index (χ1n) is 8.42. The van der Waals surface area contributed by atoms with Gasteiger partial charge >= 0.3 is 0 Å². The number of nitrogens with zero attached hydrogens (tertiary/aromatic N) is 1. The number of rotatable bonds is 4. The van der Waals surface area contributed by atoms with Gasteiger partial charge in [0.05, 0.1) is 0 Å². The van der Waals surface area contributed by atoms with Crippen molar-refractivity contribution in [2.24, 2.45) is 0 Å². The van der Waals surface area contributed by atoms with Crippen LogP contribution in [0.25, 0.3) is 0 Å². The molecule has 2 aromatic rings. The summed E-state index contributed by atoms with van der Waals surface area (Å²) in [6.07, 6.45) is 1.94. The van der Waals surface area contributed by atoms with Gasteiger partial charge in [-0.1, -0.05) is 47.1 Å². The molecule has 1 aliphatic heterocycles. The number of carbonyl (C=O) groups excluding carboxylic acids is 1. The lowest BCUT2D eigenvalue weighted by Gasteiger charge is -2.34. The molecular formula is C20H23BrN2O. The van der Waals surface area contributed by atoms with Crippen LogP contribution in [0.5, 0.6) is 0 Å². The normalized spacial score (nSPS) is 17.4. The number of likely N-dealkylation sites (N-methyl/N-ethyl adjacent to an activating group) is 1. The Hall–Kier alpha value is -1.65. The van der Waals surface area contributed by atoms with Crippen molar-refractivity contribution in [1.29, 1.82) is 0 Å². The molecule has 24 heavy (non-hydrogen) atoms. The third-order valence-electron chi connectivity index (χ3n) is 4.82. The number of carbonyl (C=O) groups is 1. The number of fused-ring (bicyclic) bond motifs is 1. The molecule has 4 heteroatoms. The van der Waals surface area contributed by atoms with E-state index in [4.69, 9.17) is 0 Å². The molecule has 0 radical (unpaired) electrons. The Labute approximate surface area is 152 Å². The summed E-state index contributed by atoms with van der Waals surface area (Å²) in [6.45, 7) is 3.69. The van der Waals surface area contributed by atoms with Gasteiger partial charge in [0.1, 0.15) is 0 Å². The Balaban J connectivity index is 1.63. The van der Waals surface area contributed by atoms with E-state index in [0.717, 1.165) is 24.9 Å². The number of halogens is 1. The number of nitrogens with one attached hydrogen (secondary N) is 1. The van der Waals surface area contributed by atoms with Crippen molar-refractivity contribution in [3.8, 4) is 0 Å². The molecule has 3 rings (SSSR count). The summed E-state index contributed by atoms with van der Waals surface area (Å²) < 4.78 is 1.17. The molecule has 126 valence electrons. The van der Waals surface area contributed by atoms with Gasteiger partial charge in [0, 0.05) is 29.2 Å². The van der Waals surface area contributed by atoms with Crippen molar-refractivity contribution in [3.63, 3.8) is 0 Å². The van der Waals surface area contributed by atoms with Gasteiger partial charge in [0.25, 0.3) is 5.91 Å². The molecule has 2 aromatic carbocycles. The molecular weight excluding hydrogens is 364 g/mol. The van der Waals surface area contributed by atoms with E-state index in [2.05, 4.69) is 58.3 Å². The lowest BCUT2D eigenvalue weighted by atomic mass is 9.94. The third kappa shape index (κ3) is 3.70. The molecule has 0 aliphatic carbocycles. The second-order valence-corrected chi connectivity index (χ2v) is 7.27. The number of benzene rings is 2. The first kappa shape index (κ1) is 17.2. The summed E-state index contributed by atoms with van der Waals surface area (Å²) in [5.41, 5.74) is 4.71. The summed E-state index contributed by atoms with van der Waals surface area (Å²) in [4.78, 5) is 14.7. The molecule has 0 bridgehead atoms. The predicted molar refractivity (Wildman–Crippen MR) is 101 cm³/mol. The molecule has 0 aromatic heterocycles. The maximum atomic E-state index is 12.4. The number of hydrogen-bond acceptors (Lipinski definition) is 2. The minimum absolute atomic E-state index is 0.00368. The van der Waals surface area contributed by atoms with E-state index in [1.54, 1.807) is 0 Å². The molecule has 0 fully saturated rings. The van der Waals surface area contributed by atoms with Crippen molar-refractivity contribution in [1.82, 2.24) is 10.2 Å². The summed E-state index contributed by atoms with van der Waals surface area (Å²) in [6, 6.07) is 14.5. The molecule has 1 amide bonds. The Morgan fingerprint density at radius 3 is 2.71 bits per heavy atom. The standard InChI is InChI=1S/C20H23BrN2O/c1-3-14-7-9-15(10-8-14)20(24)22-12-17-11-18-16(13-23(17)2)5-4-6-19(18)21/h4-10,17H,3,11-13H2,1-2H3,(H,22,24)/t17-/m1/s1. The zero-order valence-corrected chi connectivity index (χ0v) is 15.8. The maximum Gasteiger partial charge on any atom is 0.251 e. The van der Waals surface area contributed by atoms with Crippen LogP contribution in [0.3, 0.4) is 0 Å². The average molecular weight is 387 g/mol. The first-order chi connectivity index (χ1) is 11.6. The van der Waals surface area contributed by atoms with Crippen LogP contribution in [-0.2, 0) is 19.4 Å². The first-order valence-corrected chi connectivity index (χ1v) is 9.21. The molecule has 1 N–H and O–H groups in total. The van der Waals surface area contributed by atoms with Gasteiger partial charge in [-0.25, -0.2) is 0 Å². The fourth-order valence-electron chi connectivity index (χ4n) is 3.20. The van der Waals surface area contributed by atoms with Crippen LogP contribution in [0.4, 0.5) is 0 Å². The number of hydrogen-bond donors (Lipinski definition) is 1. The van der Waals surface area contributed by atoms with E-state index in [1.807, 2.05) is 24.3 Å². The van der Waals surface area contributed by atoms with Gasteiger partial charge < -0.3 is 5.32 Å². The molecule has 0 unspecified atom stereocenters. The van der Waals surface area contributed by atoms with Crippen LogP contribution in [0.1, 0.15) is 34.0 Å². The van der Waals surface area contributed by atoms with Gasteiger partial charge in [0.15, 0.2) is 0 Å². The zero-order valence-electron chi connectivity index (χ0n) is 14.2. The van der Waals surface area contributed by atoms with E-state index in [1.165, 1.54) is 21.2 Å². The molecule has 0 spiro atoms. The maximum absolute atomic E-state index is 12.4. The zero-order chi connectivity index (χ0) is 17.1. The third-order valence-corrected chi connectivity index (χ3v) is 5.56. The van der Waals surface area contributed by atoms with Crippen LogP contribution < -0.4 is 5.32 Å². The van der Waals surface area contributed by atoms with Gasteiger partial charge in [-0.05, 0) is 54.8 Å². The summed E-state index contributed by atoms with van der Waals surface area (Å²) in [7, 11) is 2.12. The van der Waals surface area contributed by atoms with E-state index < -0.39 is 0 Å². The van der Waals surface area contributed by atoms with Crippen LogP contribution in [0.15, 0.2) is 46.9 Å². The molecule has 0 saturated heterocycles. The van der Waals surface area contributed by atoms with Gasteiger partial charge in [-0.15, -0.1) is 0 Å². The quantitative estimate of drug-likeness (QED) is 0.866. The lowest BCUT2D eigenvalue weighted by molar-refractivity contribution is 0.0934. The van der Waals surface area contributed by atoms with Crippen molar-refractivity contribution < 1.29 is 4.79 Å². The Kier molecular flexibility index (Phi) is 5.36. The van der Waals surface area contributed by atoms with E-state index in [-0.39, 0.29) is 5.91 Å². The fourth-order valence-corrected chi connectivity index (χ4v) is 3.77. The molecule has 0 saturated carbocycles. The second-order valence-electron chi connectivity index (χ2n) is 6.41. The largest absolute Gasteiger partial charge is 0.350 e. The Bertz CT molecular complexity index is 727. The molecule has 1 aliphatic rings. The van der Waals surface area contributed by atoms with Gasteiger partial charge in [-0.3, -0.25) is 9.69 Å². The minimum Gasteiger partial charge on any atom is -0.350 e. The summed E-state index contributed by atoms with van der Waals surface area (Å²) in [5, 5.41) is 3.09. The van der Waals surface area contributed by atoms with E-state index in [9.17, 15) is 4.79 Å². The monoisotopic (exact) mass is 386 g/mol. The van der Waals surface area contributed by atoms with Gasteiger partial charge in [-0.2, -0.15) is 0 Å². The lowest BCUT2D eigenvalue weighted by Crippen LogP contribution is -2.45. The SMILES string of the molecule is CCc1ccc(C(=O)NC[C@H]2Cc3c(Br)cccc3CN2C)cc1. The minimum atomic E-state index is 0.00368. The van der Waals surface area contributed by atoms with Crippen LogP contribution in [0, 0.1) is 0 Å². The van der Waals surface area contributed by atoms with E-state index in [0.29, 0.717) is 12.6 Å². The molecule has 3 nitrogen and oxygen atoms in total. The van der Waals surface area contributed by atoms with Crippen LogP contribution in [-0.4, -0.2) is 30.4 Å². The smallest absolute Gasteiger partial charge is 0.251 e. The second kappa shape index (κ2) is 7.49.